The maximum atomic E-state index is 13.0. The summed E-state index contributed by atoms with van der Waals surface area (Å²) in [7, 11) is -3.67. The highest BCUT2D eigenvalue weighted by Gasteiger charge is 2.21. The fraction of sp³-hybridized carbons (Fsp3) is 0.478. The van der Waals surface area contributed by atoms with Crippen LogP contribution in [0, 0.1) is 12.8 Å². The minimum Gasteiger partial charge on any atom is -0.356 e. The number of nitrogens with zero attached hydrogens (tertiary/aromatic N) is 3. The highest BCUT2D eigenvalue weighted by Crippen LogP contribution is 2.18. The Morgan fingerprint density at radius 2 is 1.88 bits per heavy atom. The van der Waals surface area contributed by atoms with Crippen molar-refractivity contribution in [2.75, 3.05) is 20.0 Å². The second-order valence-corrected chi connectivity index (χ2v) is 9.90. The van der Waals surface area contributed by atoms with Crippen molar-refractivity contribution < 1.29 is 17.9 Å². The largest absolute Gasteiger partial charge is 0.356 e. The first-order valence-electron chi connectivity index (χ1n) is 10.8. The lowest BCUT2D eigenvalue weighted by atomic mass is 10.1. The van der Waals surface area contributed by atoms with E-state index in [1.165, 1.54) is 0 Å². The number of pyridine rings is 1. The quantitative estimate of drug-likeness (QED) is 0.328. The normalized spacial score (nSPS) is 13.2. The third-order valence-corrected chi connectivity index (χ3v) is 6.62. The zero-order valence-electron chi connectivity index (χ0n) is 19.1. The highest BCUT2D eigenvalue weighted by atomic mass is 32.2. The standard InChI is InChI=1S/C23H32N4O4S/c1-5-30-16-31-15-20(12-17(2)3)26-32(28,29)21-8-6-19(7-9-21)14-27-18(4)25-22-13-24-11-10-23(22)27/h6-11,13,17,20,26H,5,12,14-16H2,1-4H3/t20-/m0/s1. The molecule has 1 aromatic carbocycles. The van der Waals surface area contributed by atoms with Gasteiger partial charge in [0, 0.05) is 25.4 Å². The van der Waals surface area contributed by atoms with E-state index in [-0.39, 0.29) is 24.3 Å². The van der Waals surface area contributed by atoms with E-state index >= 15 is 0 Å². The molecular formula is C23H32N4O4S. The first-order valence-corrected chi connectivity index (χ1v) is 12.3. The predicted molar refractivity (Wildman–Crippen MR) is 124 cm³/mol. The number of hydrogen-bond donors (Lipinski definition) is 1. The van der Waals surface area contributed by atoms with Crippen molar-refractivity contribution in [3.05, 3.63) is 54.1 Å². The van der Waals surface area contributed by atoms with Crippen LogP contribution in [0.5, 0.6) is 0 Å². The van der Waals surface area contributed by atoms with Gasteiger partial charge in [-0.1, -0.05) is 26.0 Å². The van der Waals surface area contributed by atoms with Gasteiger partial charge in [-0.15, -0.1) is 0 Å². The van der Waals surface area contributed by atoms with Gasteiger partial charge in [0.1, 0.15) is 18.1 Å². The van der Waals surface area contributed by atoms with Crippen molar-refractivity contribution in [3.8, 4) is 0 Å². The molecule has 2 aromatic heterocycles. The third kappa shape index (κ3) is 6.35. The summed E-state index contributed by atoms with van der Waals surface area (Å²) in [5.41, 5.74) is 2.83. The fourth-order valence-electron chi connectivity index (χ4n) is 3.60. The molecule has 0 aliphatic heterocycles. The molecule has 174 valence electrons. The Balaban J connectivity index is 1.70. The monoisotopic (exact) mass is 460 g/mol. The number of aromatic nitrogens is 3. The zero-order valence-corrected chi connectivity index (χ0v) is 19.9. The van der Waals surface area contributed by atoms with E-state index in [0.717, 1.165) is 22.4 Å². The van der Waals surface area contributed by atoms with Gasteiger partial charge in [0.05, 0.1) is 23.2 Å². The van der Waals surface area contributed by atoms with Crippen LogP contribution in [0.15, 0.2) is 47.6 Å². The van der Waals surface area contributed by atoms with Crippen LogP contribution in [-0.4, -0.2) is 49.0 Å². The molecule has 0 bridgehead atoms. The van der Waals surface area contributed by atoms with Crippen molar-refractivity contribution in [1.29, 1.82) is 0 Å². The molecule has 8 nitrogen and oxygen atoms in total. The molecule has 2 heterocycles. The van der Waals surface area contributed by atoms with Crippen molar-refractivity contribution >= 4 is 21.1 Å². The Morgan fingerprint density at radius 1 is 1.12 bits per heavy atom. The number of benzene rings is 1. The Labute approximate surface area is 190 Å². The van der Waals surface area contributed by atoms with Crippen LogP contribution in [0.4, 0.5) is 0 Å². The Morgan fingerprint density at radius 3 is 2.56 bits per heavy atom. The summed E-state index contributed by atoms with van der Waals surface area (Å²) in [5.74, 6) is 1.21. The summed E-state index contributed by atoms with van der Waals surface area (Å²) in [4.78, 5) is 8.88. The number of ether oxygens (including phenoxy) is 2. The van der Waals surface area contributed by atoms with E-state index in [1.807, 2.05) is 32.0 Å². The molecule has 0 amide bonds. The van der Waals surface area contributed by atoms with Crippen molar-refractivity contribution in [2.24, 2.45) is 5.92 Å². The van der Waals surface area contributed by atoms with Gasteiger partial charge < -0.3 is 14.0 Å². The molecule has 3 rings (SSSR count). The molecule has 0 saturated carbocycles. The van der Waals surface area contributed by atoms with Crippen molar-refractivity contribution in [3.63, 3.8) is 0 Å². The second kappa shape index (κ2) is 11.0. The number of nitrogens with one attached hydrogen (secondary N) is 1. The number of fused-ring (bicyclic) bond motifs is 1. The van der Waals surface area contributed by atoms with Crippen molar-refractivity contribution in [2.45, 2.75) is 51.6 Å². The first kappa shape index (κ1) is 24.3. The second-order valence-electron chi connectivity index (χ2n) is 8.18. The maximum absolute atomic E-state index is 13.0. The Kier molecular flexibility index (Phi) is 8.36. The van der Waals surface area contributed by atoms with Gasteiger partial charge in [0.25, 0.3) is 0 Å². The molecule has 3 aromatic rings. The Bertz CT molecular complexity index is 1110. The first-order chi connectivity index (χ1) is 15.3. The lowest BCUT2D eigenvalue weighted by Gasteiger charge is -2.20. The van der Waals surface area contributed by atoms with E-state index in [2.05, 4.69) is 33.1 Å². The SMILES string of the molecule is CCOCOC[C@H](CC(C)C)NS(=O)(=O)c1ccc(Cn2c(C)nc3cnccc32)cc1. The van der Waals surface area contributed by atoms with Crippen LogP contribution in [0.3, 0.4) is 0 Å². The minimum absolute atomic E-state index is 0.153. The molecule has 1 N–H and O–H groups in total. The van der Waals surface area contributed by atoms with Gasteiger partial charge in [-0.25, -0.2) is 18.1 Å². The van der Waals surface area contributed by atoms with Crippen molar-refractivity contribution in [1.82, 2.24) is 19.3 Å². The minimum atomic E-state index is -3.67. The summed E-state index contributed by atoms with van der Waals surface area (Å²) in [6.45, 7) is 9.50. The number of aryl methyl sites for hydroxylation is 1. The number of rotatable bonds is 12. The van der Waals surface area contributed by atoms with Gasteiger partial charge in [0.15, 0.2) is 0 Å². The van der Waals surface area contributed by atoms with Crippen LogP contribution < -0.4 is 4.72 Å². The van der Waals surface area contributed by atoms with Gasteiger partial charge in [-0.05, 0) is 49.9 Å². The molecule has 0 spiro atoms. The molecule has 1 atom stereocenters. The molecule has 0 unspecified atom stereocenters. The van der Waals surface area contributed by atoms with Gasteiger partial charge >= 0.3 is 0 Å². The summed E-state index contributed by atoms with van der Waals surface area (Å²) in [6.07, 6.45) is 4.16. The Hall–Kier alpha value is -2.33. The van der Waals surface area contributed by atoms with Crippen LogP contribution in [0.2, 0.25) is 0 Å². The topological polar surface area (TPSA) is 95.3 Å². The molecule has 0 aliphatic carbocycles. The molecule has 32 heavy (non-hydrogen) atoms. The number of imidazole rings is 1. The lowest BCUT2D eigenvalue weighted by Crippen LogP contribution is -2.39. The van der Waals surface area contributed by atoms with Crippen LogP contribution in [0.1, 0.15) is 38.6 Å². The molecule has 9 heteroatoms. The van der Waals surface area contributed by atoms with Crippen LogP contribution in [0.25, 0.3) is 11.0 Å². The summed E-state index contributed by atoms with van der Waals surface area (Å²) < 4.78 is 41.4. The summed E-state index contributed by atoms with van der Waals surface area (Å²) in [6, 6.07) is 8.56. The maximum Gasteiger partial charge on any atom is 0.240 e. The summed E-state index contributed by atoms with van der Waals surface area (Å²) >= 11 is 0. The molecule has 0 radical (unpaired) electrons. The number of hydrogen-bond acceptors (Lipinski definition) is 6. The van der Waals surface area contributed by atoms with E-state index in [9.17, 15) is 8.42 Å². The molecule has 0 aliphatic rings. The third-order valence-electron chi connectivity index (χ3n) is 5.08. The zero-order chi connectivity index (χ0) is 23.1. The molecule has 0 saturated heterocycles. The fourth-order valence-corrected chi connectivity index (χ4v) is 4.83. The molecular weight excluding hydrogens is 428 g/mol. The summed E-state index contributed by atoms with van der Waals surface area (Å²) in [5, 5.41) is 0. The molecule has 0 fully saturated rings. The van der Waals surface area contributed by atoms with E-state index < -0.39 is 10.0 Å². The van der Waals surface area contributed by atoms with Gasteiger partial charge in [-0.3, -0.25) is 4.98 Å². The van der Waals surface area contributed by atoms with E-state index in [1.54, 1.807) is 24.5 Å². The van der Waals surface area contributed by atoms with Gasteiger partial charge in [0.2, 0.25) is 10.0 Å². The smallest absolute Gasteiger partial charge is 0.240 e. The predicted octanol–water partition coefficient (Wildman–Crippen LogP) is 3.49. The average molecular weight is 461 g/mol. The van der Waals surface area contributed by atoms with Gasteiger partial charge in [-0.2, -0.15) is 0 Å². The average Bonchev–Trinajstić information content (AvgIpc) is 3.06. The number of sulfonamides is 1. The highest BCUT2D eigenvalue weighted by molar-refractivity contribution is 7.89. The van der Waals surface area contributed by atoms with Crippen LogP contribution >= 0.6 is 0 Å². The van der Waals surface area contributed by atoms with Crippen LogP contribution in [-0.2, 0) is 26.0 Å². The van der Waals surface area contributed by atoms with E-state index in [4.69, 9.17) is 9.47 Å². The lowest BCUT2D eigenvalue weighted by molar-refractivity contribution is -0.0553. The van der Waals surface area contributed by atoms with E-state index in [0.29, 0.717) is 25.5 Å².